The molecule has 7 heteroatoms. The Morgan fingerprint density at radius 2 is 1.95 bits per heavy atom. The molecule has 0 aliphatic carbocycles. The highest BCUT2D eigenvalue weighted by molar-refractivity contribution is 7.91. The molecule has 0 aromatic heterocycles. The molecule has 0 amide bonds. The molecule has 0 bridgehead atoms. The topological polar surface area (TPSA) is 102 Å². The van der Waals surface area contributed by atoms with Gasteiger partial charge in [0.15, 0.2) is 15.7 Å². The third-order valence-electron chi connectivity index (χ3n) is 2.42. The molecule has 0 saturated heterocycles. The van der Waals surface area contributed by atoms with Gasteiger partial charge in [0, 0.05) is 5.56 Å². The summed E-state index contributed by atoms with van der Waals surface area (Å²) in [6.45, 7) is 3.85. The van der Waals surface area contributed by atoms with Crippen molar-refractivity contribution < 1.29 is 18.4 Å². The minimum absolute atomic E-state index is 0.00172. The van der Waals surface area contributed by atoms with Crippen molar-refractivity contribution in [3.8, 4) is 0 Å². The molecule has 0 aliphatic heterocycles. The van der Waals surface area contributed by atoms with Crippen LogP contribution in [0.25, 0.3) is 0 Å². The second-order valence-electron chi connectivity index (χ2n) is 4.25. The van der Waals surface area contributed by atoms with Crippen molar-refractivity contribution in [2.75, 3.05) is 12.4 Å². The van der Waals surface area contributed by atoms with Crippen LogP contribution in [0.3, 0.4) is 0 Å². The van der Waals surface area contributed by atoms with Gasteiger partial charge in [-0.15, -0.1) is 0 Å². The second-order valence-corrected chi connectivity index (χ2v) is 6.36. The lowest BCUT2D eigenvalue weighted by atomic mass is 10.2. The molecule has 1 aromatic carbocycles. The summed E-state index contributed by atoms with van der Waals surface area (Å²) in [7, 11) is -3.37. The maximum atomic E-state index is 12.0. The van der Waals surface area contributed by atoms with E-state index < -0.39 is 9.84 Å². The van der Waals surface area contributed by atoms with Gasteiger partial charge in [0.2, 0.25) is 0 Å². The van der Waals surface area contributed by atoms with Crippen LogP contribution in [0.5, 0.6) is 0 Å². The van der Waals surface area contributed by atoms with Crippen LogP contribution in [0.1, 0.15) is 19.4 Å². The number of nitrogens with two attached hydrogens (primary N) is 1. The second kappa shape index (κ2) is 6.53. The average molecular weight is 286 g/mol. The van der Waals surface area contributed by atoms with Gasteiger partial charge in [-0.1, -0.05) is 5.16 Å². The van der Waals surface area contributed by atoms with Gasteiger partial charge in [-0.25, -0.2) is 8.42 Å². The SMILES string of the molecule is CC(C)OCCS(=O)(=O)c1ccc(/C(N)=N/O)cc1. The van der Waals surface area contributed by atoms with Crippen molar-refractivity contribution in [3.05, 3.63) is 29.8 Å². The highest BCUT2D eigenvalue weighted by Gasteiger charge is 2.14. The third kappa shape index (κ3) is 4.53. The zero-order valence-electron chi connectivity index (χ0n) is 10.9. The Bertz CT molecular complexity index is 535. The summed E-state index contributed by atoms with van der Waals surface area (Å²) in [6, 6.07) is 5.84. The molecule has 0 aliphatic rings. The lowest BCUT2D eigenvalue weighted by molar-refractivity contribution is 0.0912. The largest absolute Gasteiger partial charge is 0.409 e. The zero-order chi connectivity index (χ0) is 14.5. The Hall–Kier alpha value is -1.60. The fourth-order valence-electron chi connectivity index (χ4n) is 1.40. The molecule has 1 rings (SSSR count). The van der Waals surface area contributed by atoms with E-state index in [9.17, 15) is 8.42 Å². The number of rotatable bonds is 6. The molecule has 6 nitrogen and oxygen atoms in total. The summed E-state index contributed by atoms with van der Waals surface area (Å²) >= 11 is 0. The summed E-state index contributed by atoms with van der Waals surface area (Å²) in [5.41, 5.74) is 5.86. The molecule has 1 aromatic rings. The van der Waals surface area contributed by atoms with Gasteiger partial charge in [-0.3, -0.25) is 0 Å². The van der Waals surface area contributed by atoms with Crippen LogP contribution in [0.4, 0.5) is 0 Å². The van der Waals surface area contributed by atoms with Crippen molar-refractivity contribution >= 4 is 15.7 Å². The number of amidine groups is 1. The first-order chi connectivity index (χ1) is 8.86. The van der Waals surface area contributed by atoms with Crippen molar-refractivity contribution in [2.45, 2.75) is 24.8 Å². The molecule has 0 heterocycles. The summed E-state index contributed by atoms with van der Waals surface area (Å²) in [5, 5.41) is 11.4. The van der Waals surface area contributed by atoms with Gasteiger partial charge in [-0.2, -0.15) is 0 Å². The van der Waals surface area contributed by atoms with Gasteiger partial charge in [-0.05, 0) is 38.1 Å². The number of benzene rings is 1. The van der Waals surface area contributed by atoms with Gasteiger partial charge >= 0.3 is 0 Å². The van der Waals surface area contributed by atoms with Crippen molar-refractivity contribution in [1.29, 1.82) is 0 Å². The number of nitrogens with zero attached hydrogens (tertiary/aromatic N) is 1. The van der Waals surface area contributed by atoms with Crippen molar-refractivity contribution in [1.82, 2.24) is 0 Å². The Morgan fingerprint density at radius 3 is 2.42 bits per heavy atom. The first-order valence-electron chi connectivity index (χ1n) is 5.79. The highest BCUT2D eigenvalue weighted by Crippen LogP contribution is 2.12. The molecule has 0 fully saturated rings. The molecular formula is C12H18N2O4S. The number of hydrogen-bond acceptors (Lipinski definition) is 5. The van der Waals surface area contributed by atoms with Gasteiger partial charge in [0.1, 0.15) is 0 Å². The smallest absolute Gasteiger partial charge is 0.180 e. The molecule has 106 valence electrons. The van der Waals surface area contributed by atoms with E-state index in [4.69, 9.17) is 15.7 Å². The summed E-state index contributed by atoms with van der Waals surface area (Å²) in [5.74, 6) is -0.138. The van der Waals surface area contributed by atoms with E-state index in [1.807, 2.05) is 13.8 Å². The summed E-state index contributed by atoms with van der Waals surface area (Å²) in [4.78, 5) is 0.189. The van der Waals surface area contributed by atoms with Gasteiger partial charge in [0.05, 0.1) is 23.4 Å². The monoisotopic (exact) mass is 286 g/mol. The first-order valence-corrected chi connectivity index (χ1v) is 7.44. The van der Waals surface area contributed by atoms with Gasteiger partial charge in [0.25, 0.3) is 0 Å². The zero-order valence-corrected chi connectivity index (χ0v) is 11.7. The molecule has 0 atom stereocenters. The van der Waals surface area contributed by atoms with E-state index in [-0.39, 0.29) is 29.2 Å². The molecule has 19 heavy (non-hydrogen) atoms. The van der Waals surface area contributed by atoms with E-state index in [1.54, 1.807) is 0 Å². The first kappa shape index (κ1) is 15.5. The number of oxime groups is 1. The van der Waals surface area contributed by atoms with Crippen LogP contribution < -0.4 is 5.73 Å². The number of hydrogen-bond donors (Lipinski definition) is 2. The molecule has 0 unspecified atom stereocenters. The Morgan fingerprint density at radius 1 is 1.37 bits per heavy atom. The Balaban J connectivity index is 2.79. The summed E-state index contributed by atoms with van der Waals surface area (Å²) < 4.78 is 29.2. The Labute approximate surface area is 112 Å². The average Bonchev–Trinajstić information content (AvgIpc) is 2.37. The quantitative estimate of drug-likeness (QED) is 0.351. The van der Waals surface area contributed by atoms with Crippen molar-refractivity contribution in [3.63, 3.8) is 0 Å². The van der Waals surface area contributed by atoms with E-state index in [1.165, 1.54) is 24.3 Å². The van der Waals surface area contributed by atoms with E-state index in [0.29, 0.717) is 5.56 Å². The third-order valence-corrected chi connectivity index (χ3v) is 4.11. The molecule has 0 spiro atoms. The van der Waals surface area contributed by atoms with Gasteiger partial charge < -0.3 is 15.7 Å². The van der Waals surface area contributed by atoms with E-state index in [2.05, 4.69) is 5.16 Å². The molecule has 3 N–H and O–H groups in total. The normalized spacial score (nSPS) is 12.9. The fraction of sp³-hybridized carbons (Fsp3) is 0.417. The predicted octanol–water partition coefficient (Wildman–Crippen LogP) is 0.980. The lowest BCUT2D eigenvalue weighted by Gasteiger charge is -2.08. The molecular weight excluding hydrogens is 268 g/mol. The number of ether oxygens (including phenoxy) is 1. The lowest BCUT2D eigenvalue weighted by Crippen LogP contribution is -2.16. The van der Waals surface area contributed by atoms with Crippen LogP contribution in [0.2, 0.25) is 0 Å². The standard InChI is InChI=1S/C12H18N2O4S/c1-9(2)18-7-8-19(16,17)11-5-3-10(4-6-11)12(13)14-15/h3-6,9,15H,7-8H2,1-2H3,(H2,13,14). The summed E-state index contributed by atoms with van der Waals surface area (Å²) in [6.07, 6.45) is -0.00172. The minimum atomic E-state index is -3.37. The van der Waals surface area contributed by atoms with Crippen LogP contribution in [0.15, 0.2) is 34.3 Å². The molecule has 0 saturated carbocycles. The predicted molar refractivity (Wildman–Crippen MR) is 72.1 cm³/mol. The highest BCUT2D eigenvalue weighted by atomic mass is 32.2. The maximum absolute atomic E-state index is 12.0. The van der Waals surface area contributed by atoms with E-state index in [0.717, 1.165) is 0 Å². The fourth-order valence-corrected chi connectivity index (χ4v) is 2.50. The van der Waals surface area contributed by atoms with Crippen LogP contribution in [-0.4, -0.2) is 37.9 Å². The van der Waals surface area contributed by atoms with E-state index >= 15 is 0 Å². The molecule has 0 radical (unpaired) electrons. The van der Waals surface area contributed by atoms with Crippen LogP contribution in [-0.2, 0) is 14.6 Å². The van der Waals surface area contributed by atoms with Crippen LogP contribution >= 0.6 is 0 Å². The Kier molecular flexibility index (Phi) is 5.31. The van der Waals surface area contributed by atoms with Crippen LogP contribution in [0, 0.1) is 0 Å². The minimum Gasteiger partial charge on any atom is -0.409 e. The van der Waals surface area contributed by atoms with Crippen molar-refractivity contribution in [2.24, 2.45) is 10.9 Å². The number of sulfone groups is 1. The maximum Gasteiger partial charge on any atom is 0.180 e.